The molecule has 4 atom stereocenters. The van der Waals surface area contributed by atoms with E-state index in [4.69, 9.17) is 0 Å². The van der Waals surface area contributed by atoms with Gasteiger partial charge in [0.05, 0.1) is 12.2 Å². The molecule has 228 valence electrons. The van der Waals surface area contributed by atoms with Gasteiger partial charge in [-0.3, -0.25) is 24.4 Å². The summed E-state index contributed by atoms with van der Waals surface area (Å²) in [5.74, 6) is -1.06. The molecule has 10 heteroatoms. The Labute approximate surface area is 248 Å². The second-order valence-corrected chi connectivity index (χ2v) is 13.2. The number of benzene rings is 1. The molecule has 0 aliphatic carbocycles. The lowest BCUT2D eigenvalue weighted by Gasteiger charge is -2.48. The fraction of sp³-hybridized carbons (Fsp3) is 0.594. The van der Waals surface area contributed by atoms with Crippen LogP contribution in [0.2, 0.25) is 0 Å². The lowest BCUT2D eigenvalue weighted by Crippen LogP contribution is -2.65. The second kappa shape index (κ2) is 12.0. The van der Waals surface area contributed by atoms with Crippen molar-refractivity contribution in [3.05, 3.63) is 58.9 Å². The van der Waals surface area contributed by atoms with Crippen molar-refractivity contribution in [2.24, 2.45) is 0 Å². The van der Waals surface area contributed by atoms with Gasteiger partial charge in [-0.15, -0.1) is 0 Å². The third kappa shape index (κ3) is 6.35. The molecule has 0 saturated carbocycles. The van der Waals surface area contributed by atoms with Crippen LogP contribution in [0.3, 0.4) is 0 Å². The molecule has 1 aromatic heterocycles. The SMILES string of the molecule is CC(=O)N1CC(C)N(C[C@H]2CNC(C)CN2CC(=O)N2CC(C)(C)c3cnc(Cc4ccc(F)cc4F)cc32)[C@H](C)C1. The molecule has 3 aliphatic rings. The van der Waals surface area contributed by atoms with Gasteiger partial charge in [-0.25, -0.2) is 8.78 Å². The van der Waals surface area contributed by atoms with E-state index in [0.29, 0.717) is 37.4 Å². The Bertz CT molecular complexity index is 1320. The zero-order chi connectivity index (χ0) is 30.3. The summed E-state index contributed by atoms with van der Waals surface area (Å²) in [5.41, 5.74) is 2.55. The molecule has 5 rings (SSSR count). The third-order valence-corrected chi connectivity index (χ3v) is 9.23. The standard InChI is InChI=1S/C32H44F2N6O2/c1-20-14-38(27(12-35-20)17-39-21(2)15-37(23(4)41)16-22(39)3)18-31(42)40-19-32(5,6)28-13-36-26(11-30(28)40)9-24-7-8-25(33)10-29(24)34/h7-8,10-11,13,20-22,27,35H,9,12,14-19H2,1-6H3/t20?,21-,22?,27-/m1/s1. The molecule has 2 amide bonds. The molecule has 1 aromatic carbocycles. The van der Waals surface area contributed by atoms with E-state index < -0.39 is 11.6 Å². The normalized spacial score (nSPS) is 26.4. The number of fused-ring (bicyclic) bond motifs is 1. The topological polar surface area (TPSA) is 72.0 Å². The summed E-state index contributed by atoms with van der Waals surface area (Å²) in [7, 11) is 0. The Morgan fingerprint density at radius 1 is 1.07 bits per heavy atom. The lowest BCUT2D eigenvalue weighted by molar-refractivity contribution is -0.133. The summed E-state index contributed by atoms with van der Waals surface area (Å²) in [4.78, 5) is 39.2. The first-order chi connectivity index (χ1) is 19.8. The van der Waals surface area contributed by atoms with Crippen molar-refractivity contribution in [3.63, 3.8) is 0 Å². The fourth-order valence-corrected chi connectivity index (χ4v) is 6.86. The van der Waals surface area contributed by atoms with Gasteiger partial charge in [0, 0.05) is 106 Å². The van der Waals surface area contributed by atoms with Crippen LogP contribution in [-0.4, -0.2) is 101 Å². The Kier molecular flexibility index (Phi) is 8.70. The Morgan fingerprint density at radius 3 is 2.45 bits per heavy atom. The number of rotatable bonds is 6. The van der Waals surface area contributed by atoms with E-state index >= 15 is 0 Å². The number of anilines is 1. The first kappa shape index (κ1) is 30.5. The average Bonchev–Trinajstić information content (AvgIpc) is 3.18. The van der Waals surface area contributed by atoms with Crippen molar-refractivity contribution in [2.45, 2.75) is 77.5 Å². The summed E-state index contributed by atoms with van der Waals surface area (Å²) in [5, 5.41) is 3.60. The Morgan fingerprint density at radius 2 is 1.79 bits per heavy atom. The van der Waals surface area contributed by atoms with Crippen molar-refractivity contribution in [2.75, 3.05) is 50.7 Å². The number of nitrogens with one attached hydrogen (secondary N) is 1. The summed E-state index contributed by atoms with van der Waals surface area (Å²) < 4.78 is 27.8. The molecule has 2 aromatic rings. The number of halogens is 2. The van der Waals surface area contributed by atoms with Crippen LogP contribution >= 0.6 is 0 Å². The van der Waals surface area contributed by atoms with Gasteiger partial charge in [0.15, 0.2) is 0 Å². The maximum Gasteiger partial charge on any atom is 0.241 e. The fourth-order valence-electron chi connectivity index (χ4n) is 6.86. The molecule has 2 fully saturated rings. The third-order valence-electron chi connectivity index (χ3n) is 9.23. The van der Waals surface area contributed by atoms with Gasteiger partial charge in [0.25, 0.3) is 0 Å². The molecule has 0 radical (unpaired) electrons. The van der Waals surface area contributed by atoms with Crippen LogP contribution in [0.15, 0.2) is 30.5 Å². The number of hydrogen-bond donors (Lipinski definition) is 1. The molecule has 2 unspecified atom stereocenters. The van der Waals surface area contributed by atoms with E-state index in [0.717, 1.165) is 37.0 Å². The van der Waals surface area contributed by atoms with Crippen LogP contribution in [0.1, 0.15) is 58.4 Å². The number of hydrogen-bond acceptors (Lipinski definition) is 6. The highest BCUT2D eigenvalue weighted by Gasteiger charge is 2.41. The molecular formula is C32H44F2N6O2. The van der Waals surface area contributed by atoms with Gasteiger partial charge in [-0.2, -0.15) is 0 Å². The van der Waals surface area contributed by atoms with Crippen molar-refractivity contribution < 1.29 is 18.4 Å². The van der Waals surface area contributed by atoms with Crippen LogP contribution in [-0.2, 0) is 21.4 Å². The number of carbonyl (C=O) groups excluding carboxylic acids is 2. The summed E-state index contributed by atoms with van der Waals surface area (Å²) >= 11 is 0. The van der Waals surface area contributed by atoms with Gasteiger partial charge in [0.2, 0.25) is 11.8 Å². The van der Waals surface area contributed by atoms with Gasteiger partial charge in [-0.05, 0) is 38.5 Å². The van der Waals surface area contributed by atoms with Crippen LogP contribution < -0.4 is 10.2 Å². The molecule has 42 heavy (non-hydrogen) atoms. The van der Waals surface area contributed by atoms with Crippen LogP contribution in [0, 0.1) is 11.6 Å². The van der Waals surface area contributed by atoms with Crippen molar-refractivity contribution in [1.29, 1.82) is 0 Å². The summed E-state index contributed by atoms with van der Waals surface area (Å²) in [6.07, 6.45) is 2.02. The number of carbonyl (C=O) groups is 2. The smallest absolute Gasteiger partial charge is 0.241 e. The molecule has 3 aliphatic heterocycles. The largest absolute Gasteiger partial charge is 0.340 e. The molecule has 8 nitrogen and oxygen atoms in total. The highest BCUT2D eigenvalue weighted by molar-refractivity contribution is 5.97. The van der Waals surface area contributed by atoms with Crippen molar-refractivity contribution in [3.8, 4) is 0 Å². The molecule has 1 N–H and O–H groups in total. The van der Waals surface area contributed by atoms with Crippen molar-refractivity contribution in [1.82, 2.24) is 25.0 Å². The van der Waals surface area contributed by atoms with Crippen molar-refractivity contribution >= 4 is 17.5 Å². The average molecular weight is 583 g/mol. The Balaban J connectivity index is 1.33. The predicted octanol–water partition coefficient (Wildman–Crippen LogP) is 3.18. The first-order valence-corrected chi connectivity index (χ1v) is 15.0. The predicted molar refractivity (Wildman–Crippen MR) is 159 cm³/mol. The number of amides is 2. The van der Waals surface area contributed by atoms with Crippen LogP contribution in [0.5, 0.6) is 0 Å². The highest BCUT2D eigenvalue weighted by atomic mass is 19.1. The number of pyridine rings is 1. The molecular weight excluding hydrogens is 538 g/mol. The zero-order valence-corrected chi connectivity index (χ0v) is 25.7. The van der Waals surface area contributed by atoms with Gasteiger partial charge in [0.1, 0.15) is 11.6 Å². The number of piperazine rings is 2. The molecule has 4 heterocycles. The monoisotopic (exact) mass is 582 g/mol. The highest BCUT2D eigenvalue weighted by Crippen LogP contribution is 2.40. The van der Waals surface area contributed by atoms with Gasteiger partial charge in [-0.1, -0.05) is 19.9 Å². The minimum Gasteiger partial charge on any atom is -0.340 e. The number of nitrogens with zero attached hydrogens (tertiary/aromatic N) is 5. The van der Waals surface area contributed by atoms with E-state index in [1.807, 2.05) is 15.9 Å². The minimum atomic E-state index is -0.612. The van der Waals surface area contributed by atoms with E-state index in [1.165, 1.54) is 12.1 Å². The summed E-state index contributed by atoms with van der Waals surface area (Å²) in [6, 6.07) is 6.36. The molecule has 0 spiro atoms. The van der Waals surface area contributed by atoms with Gasteiger partial charge >= 0.3 is 0 Å². The van der Waals surface area contributed by atoms with E-state index in [1.54, 1.807) is 13.1 Å². The quantitative estimate of drug-likeness (QED) is 0.565. The van der Waals surface area contributed by atoms with E-state index in [9.17, 15) is 18.4 Å². The first-order valence-electron chi connectivity index (χ1n) is 15.0. The lowest BCUT2D eigenvalue weighted by atomic mass is 9.88. The Hall–Kier alpha value is -2.95. The van der Waals surface area contributed by atoms with Crippen LogP contribution in [0.4, 0.5) is 14.5 Å². The van der Waals surface area contributed by atoms with E-state index in [-0.39, 0.29) is 47.8 Å². The van der Waals surface area contributed by atoms with Gasteiger partial charge < -0.3 is 15.1 Å². The van der Waals surface area contributed by atoms with Crippen LogP contribution in [0.25, 0.3) is 0 Å². The molecule has 2 saturated heterocycles. The van der Waals surface area contributed by atoms with E-state index in [2.05, 4.69) is 54.7 Å². The number of aromatic nitrogens is 1. The second-order valence-electron chi connectivity index (χ2n) is 13.2. The maximum atomic E-state index is 14.4. The molecule has 0 bridgehead atoms. The minimum absolute atomic E-state index is 0.0357. The zero-order valence-electron chi connectivity index (χ0n) is 25.7. The maximum absolute atomic E-state index is 14.4. The summed E-state index contributed by atoms with van der Waals surface area (Å²) in [6.45, 7) is 17.0.